The maximum atomic E-state index is 6.00. The summed E-state index contributed by atoms with van der Waals surface area (Å²) in [5, 5.41) is 1.93. The fourth-order valence-corrected chi connectivity index (χ4v) is 1.52. The maximum absolute atomic E-state index is 6.00. The Kier molecular flexibility index (Phi) is 1.97. The van der Waals surface area contributed by atoms with Gasteiger partial charge in [-0.2, -0.15) is 0 Å². The summed E-state index contributed by atoms with van der Waals surface area (Å²) in [6.07, 6.45) is 0. The number of aromatic nitrogens is 1. The van der Waals surface area contributed by atoms with Gasteiger partial charge in [0.1, 0.15) is 0 Å². The summed E-state index contributed by atoms with van der Waals surface area (Å²) in [6, 6.07) is 8.06. The van der Waals surface area contributed by atoms with Gasteiger partial charge in [0.2, 0.25) is 0 Å². The van der Waals surface area contributed by atoms with Gasteiger partial charge in [0.25, 0.3) is 0 Å². The van der Waals surface area contributed by atoms with Crippen LogP contribution < -0.4 is 0 Å². The van der Waals surface area contributed by atoms with Crippen molar-refractivity contribution in [2.75, 3.05) is 0 Å². The summed E-state index contributed by atoms with van der Waals surface area (Å²) in [5.41, 5.74) is 3.09. The lowest BCUT2D eigenvalue weighted by Crippen LogP contribution is -1.84. The van der Waals surface area contributed by atoms with E-state index in [1.165, 1.54) is 0 Å². The van der Waals surface area contributed by atoms with E-state index in [0.717, 1.165) is 27.2 Å². The number of hydrogen-bond acceptors (Lipinski definition) is 1. The molecule has 0 saturated heterocycles. The average Bonchev–Trinajstić information content (AvgIpc) is 2.08. The standard InChI is InChI=1S/C11H10ClN/c1-7-5-9-4-3-8(2)13-11(9)6-10(7)12/h3-6H,1-2H3. The molecule has 0 N–H and O–H groups in total. The second-order valence-corrected chi connectivity index (χ2v) is 3.65. The molecular weight excluding hydrogens is 182 g/mol. The van der Waals surface area contributed by atoms with Crippen LogP contribution >= 0.6 is 11.6 Å². The Hall–Kier alpha value is -1.08. The summed E-state index contributed by atoms with van der Waals surface area (Å²) in [5.74, 6) is 0. The van der Waals surface area contributed by atoms with Crippen LogP contribution in [-0.2, 0) is 0 Å². The lowest BCUT2D eigenvalue weighted by atomic mass is 10.1. The minimum absolute atomic E-state index is 0.783. The van der Waals surface area contributed by atoms with Crippen molar-refractivity contribution in [3.8, 4) is 0 Å². The van der Waals surface area contributed by atoms with Gasteiger partial charge in [-0.1, -0.05) is 17.7 Å². The van der Waals surface area contributed by atoms with Crippen molar-refractivity contribution in [2.45, 2.75) is 13.8 Å². The fourth-order valence-electron chi connectivity index (χ4n) is 1.36. The third-order valence-electron chi connectivity index (χ3n) is 2.11. The van der Waals surface area contributed by atoms with E-state index in [1.54, 1.807) is 0 Å². The van der Waals surface area contributed by atoms with Gasteiger partial charge < -0.3 is 0 Å². The molecule has 0 amide bonds. The molecule has 0 bridgehead atoms. The number of fused-ring (bicyclic) bond motifs is 1. The Balaban J connectivity index is 2.81. The van der Waals surface area contributed by atoms with E-state index >= 15 is 0 Å². The normalized spacial score (nSPS) is 10.7. The molecule has 2 rings (SSSR count). The van der Waals surface area contributed by atoms with Crippen LogP contribution in [0.1, 0.15) is 11.3 Å². The minimum Gasteiger partial charge on any atom is -0.253 e. The van der Waals surface area contributed by atoms with Crippen LogP contribution in [0.4, 0.5) is 0 Å². The van der Waals surface area contributed by atoms with E-state index in [0.29, 0.717) is 0 Å². The molecule has 1 heterocycles. The average molecular weight is 192 g/mol. The number of benzene rings is 1. The molecule has 0 fully saturated rings. The lowest BCUT2D eigenvalue weighted by molar-refractivity contribution is 1.25. The molecule has 0 aliphatic carbocycles. The highest BCUT2D eigenvalue weighted by Gasteiger charge is 1.99. The zero-order valence-corrected chi connectivity index (χ0v) is 8.39. The van der Waals surface area contributed by atoms with Crippen LogP contribution in [0.5, 0.6) is 0 Å². The van der Waals surface area contributed by atoms with Crippen molar-refractivity contribution in [3.63, 3.8) is 0 Å². The Morgan fingerprint density at radius 2 is 1.92 bits per heavy atom. The van der Waals surface area contributed by atoms with Crippen LogP contribution in [0.2, 0.25) is 5.02 Å². The first-order valence-corrected chi connectivity index (χ1v) is 4.58. The van der Waals surface area contributed by atoms with E-state index in [2.05, 4.69) is 17.1 Å². The highest BCUT2D eigenvalue weighted by molar-refractivity contribution is 6.32. The van der Waals surface area contributed by atoms with E-state index < -0.39 is 0 Å². The minimum atomic E-state index is 0.783. The molecular formula is C11H10ClN. The topological polar surface area (TPSA) is 12.9 Å². The summed E-state index contributed by atoms with van der Waals surface area (Å²) in [6.45, 7) is 3.98. The van der Waals surface area contributed by atoms with Crippen LogP contribution in [0.15, 0.2) is 24.3 Å². The van der Waals surface area contributed by atoms with Crippen molar-refractivity contribution < 1.29 is 0 Å². The number of halogens is 1. The zero-order chi connectivity index (χ0) is 9.42. The highest BCUT2D eigenvalue weighted by atomic mass is 35.5. The van der Waals surface area contributed by atoms with E-state index in [9.17, 15) is 0 Å². The van der Waals surface area contributed by atoms with Crippen LogP contribution in [0.3, 0.4) is 0 Å². The van der Waals surface area contributed by atoms with E-state index in [1.807, 2.05) is 26.0 Å². The Morgan fingerprint density at radius 1 is 1.15 bits per heavy atom. The Bertz CT molecular complexity index is 463. The number of hydrogen-bond donors (Lipinski definition) is 0. The van der Waals surface area contributed by atoms with Gasteiger partial charge in [0.15, 0.2) is 0 Å². The van der Waals surface area contributed by atoms with Gasteiger partial charge in [-0.3, -0.25) is 4.98 Å². The van der Waals surface area contributed by atoms with Crippen molar-refractivity contribution in [1.29, 1.82) is 0 Å². The predicted octanol–water partition coefficient (Wildman–Crippen LogP) is 3.51. The van der Waals surface area contributed by atoms with Crippen LogP contribution in [0, 0.1) is 13.8 Å². The van der Waals surface area contributed by atoms with Crippen molar-refractivity contribution in [3.05, 3.63) is 40.5 Å². The molecule has 0 radical (unpaired) electrons. The summed E-state index contributed by atoms with van der Waals surface area (Å²) in [4.78, 5) is 4.39. The number of aryl methyl sites for hydroxylation is 2. The second kappa shape index (κ2) is 3.00. The molecule has 1 aromatic heterocycles. The molecule has 0 aliphatic heterocycles. The smallest absolute Gasteiger partial charge is 0.0720 e. The fraction of sp³-hybridized carbons (Fsp3) is 0.182. The molecule has 66 valence electrons. The Morgan fingerprint density at radius 3 is 2.69 bits per heavy atom. The van der Waals surface area contributed by atoms with E-state index in [-0.39, 0.29) is 0 Å². The number of nitrogens with zero attached hydrogens (tertiary/aromatic N) is 1. The molecule has 0 atom stereocenters. The number of rotatable bonds is 0. The second-order valence-electron chi connectivity index (χ2n) is 3.25. The third kappa shape index (κ3) is 1.52. The molecule has 2 heteroatoms. The molecule has 0 saturated carbocycles. The van der Waals surface area contributed by atoms with Gasteiger partial charge in [-0.05, 0) is 37.6 Å². The molecule has 13 heavy (non-hydrogen) atoms. The first-order valence-electron chi connectivity index (χ1n) is 4.20. The molecule has 2 aromatic rings. The van der Waals surface area contributed by atoms with Gasteiger partial charge in [-0.15, -0.1) is 0 Å². The lowest BCUT2D eigenvalue weighted by Gasteiger charge is -2.02. The molecule has 1 aromatic carbocycles. The molecule has 0 aliphatic rings. The van der Waals surface area contributed by atoms with Crippen LogP contribution in [0.25, 0.3) is 10.9 Å². The predicted molar refractivity (Wildman–Crippen MR) is 56.2 cm³/mol. The van der Waals surface area contributed by atoms with E-state index in [4.69, 9.17) is 11.6 Å². The van der Waals surface area contributed by atoms with Gasteiger partial charge in [-0.25, -0.2) is 0 Å². The zero-order valence-electron chi connectivity index (χ0n) is 7.63. The first-order chi connectivity index (χ1) is 6.16. The highest BCUT2D eigenvalue weighted by Crippen LogP contribution is 2.22. The number of pyridine rings is 1. The summed E-state index contributed by atoms with van der Waals surface area (Å²) < 4.78 is 0. The molecule has 0 spiro atoms. The van der Waals surface area contributed by atoms with Crippen molar-refractivity contribution in [1.82, 2.24) is 4.98 Å². The third-order valence-corrected chi connectivity index (χ3v) is 2.52. The summed E-state index contributed by atoms with van der Waals surface area (Å²) in [7, 11) is 0. The maximum Gasteiger partial charge on any atom is 0.0720 e. The van der Waals surface area contributed by atoms with Crippen molar-refractivity contribution >= 4 is 22.5 Å². The monoisotopic (exact) mass is 191 g/mol. The van der Waals surface area contributed by atoms with Crippen molar-refractivity contribution in [2.24, 2.45) is 0 Å². The van der Waals surface area contributed by atoms with Gasteiger partial charge in [0, 0.05) is 16.1 Å². The van der Waals surface area contributed by atoms with Gasteiger partial charge >= 0.3 is 0 Å². The summed E-state index contributed by atoms with van der Waals surface area (Å²) >= 11 is 6.00. The molecule has 1 nitrogen and oxygen atoms in total. The Labute approximate surface area is 82.4 Å². The first kappa shape index (κ1) is 8.52. The largest absolute Gasteiger partial charge is 0.253 e. The quantitative estimate of drug-likeness (QED) is 0.621. The van der Waals surface area contributed by atoms with Crippen LogP contribution in [-0.4, -0.2) is 4.98 Å². The SMILES string of the molecule is Cc1ccc2cc(C)c(Cl)cc2n1. The molecule has 0 unspecified atom stereocenters. The van der Waals surface area contributed by atoms with Gasteiger partial charge in [0.05, 0.1) is 5.52 Å².